The molecule has 0 aromatic rings. The Kier molecular flexibility index (Phi) is 5.17. The van der Waals surface area contributed by atoms with E-state index in [1.54, 1.807) is 0 Å². The molecule has 1 fully saturated rings. The van der Waals surface area contributed by atoms with Crippen LogP contribution in [0.5, 0.6) is 0 Å². The van der Waals surface area contributed by atoms with Crippen molar-refractivity contribution in [1.29, 1.82) is 0 Å². The van der Waals surface area contributed by atoms with E-state index in [1.807, 2.05) is 11.8 Å². The minimum Gasteiger partial charge on any atom is -0.390 e. The van der Waals surface area contributed by atoms with Gasteiger partial charge in [-0.05, 0) is 47.0 Å². The fourth-order valence-corrected chi connectivity index (χ4v) is 2.22. The van der Waals surface area contributed by atoms with Gasteiger partial charge < -0.3 is 15.3 Å². The zero-order chi connectivity index (χ0) is 13.8. The summed E-state index contributed by atoms with van der Waals surface area (Å²) in [6, 6.07) is 0. The molecule has 2 N–H and O–H groups in total. The highest BCUT2D eigenvalue weighted by molar-refractivity contribution is 5.76. The van der Waals surface area contributed by atoms with Gasteiger partial charge in [-0.3, -0.25) is 4.79 Å². The molecular weight excluding hydrogens is 228 g/mol. The van der Waals surface area contributed by atoms with Gasteiger partial charge in [0.1, 0.15) is 0 Å². The van der Waals surface area contributed by atoms with Crippen LogP contribution in [-0.4, -0.2) is 46.7 Å². The summed E-state index contributed by atoms with van der Waals surface area (Å²) in [4.78, 5) is 13.9. The fraction of sp³-hybridized carbons (Fsp3) is 0.929. The molecule has 1 unspecified atom stereocenters. The minimum atomic E-state index is -0.599. The molecule has 1 atom stereocenters. The summed E-state index contributed by atoms with van der Waals surface area (Å²) in [6.07, 6.45) is 2.91. The maximum atomic E-state index is 12.1. The van der Waals surface area contributed by atoms with E-state index < -0.39 is 5.60 Å². The summed E-state index contributed by atoms with van der Waals surface area (Å²) in [6.45, 7) is 10.3. The lowest BCUT2D eigenvalue weighted by Gasteiger charge is -2.24. The second-order valence-electron chi connectivity index (χ2n) is 6.66. The first-order valence-electron chi connectivity index (χ1n) is 6.95. The van der Waals surface area contributed by atoms with Crippen molar-refractivity contribution in [3.63, 3.8) is 0 Å². The van der Waals surface area contributed by atoms with E-state index in [-0.39, 0.29) is 11.4 Å². The van der Waals surface area contributed by atoms with Crippen molar-refractivity contribution in [2.45, 2.75) is 64.5 Å². The Balaban J connectivity index is 2.34. The Bertz CT molecular complexity index is 282. The van der Waals surface area contributed by atoms with Crippen LogP contribution in [0, 0.1) is 0 Å². The lowest BCUT2D eigenvalue weighted by Crippen LogP contribution is -2.40. The van der Waals surface area contributed by atoms with Crippen molar-refractivity contribution >= 4 is 5.91 Å². The van der Waals surface area contributed by atoms with E-state index in [2.05, 4.69) is 26.1 Å². The molecule has 0 radical (unpaired) electrons. The number of carbonyl (C=O) groups is 1. The molecule has 0 aromatic heterocycles. The summed E-state index contributed by atoms with van der Waals surface area (Å²) in [5.41, 5.74) is -0.540. The molecule has 0 bridgehead atoms. The Morgan fingerprint density at radius 3 is 2.61 bits per heavy atom. The van der Waals surface area contributed by atoms with Crippen molar-refractivity contribution in [3.05, 3.63) is 0 Å². The van der Waals surface area contributed by atoms with Crippen LogP contribution in [0.15, 0.2) is 0 Å². The molecular formula is C14H28N2O2. The third-order valence-electron chi connectivity index (χ3n) is 3.41. The van der Waals surface area contributed by atoms with Gasteiger partial charge in [0, 0.05) is 31.6 Å². The topological polar surface area (TPSA) is 52.6 Å². The summed E-state index contributed by atoms with van der Waals surface area (Å²) in [7, 11) is 0. The van der Waals surface area contributed by atoms with Gasteiger partial charge in [0.15, 0.2) is 0 Å². The van der Waals surface area contributed by atoms with Gasteiger partial charge in [-0.25, -0.2) is 0 Å². The van der Waals surface area contributed by atoms with Crippen LogP contribution in [0.4, 0.5) is 0 Å². The van der Waals surface area contributed by atoms with Crippen molar-refractivity contribution in [1.82, 2.24) is 10.2 Å². The molecule has 0 aliphatic carbocycles. The maximum absolute atomic E-state index is 12.1. The van der Waals surface area contributed by atoms with Gasteiger partial charge in [0.05, 0.1) is 5.60 Å². The molecule has 106 valence electrons. The van der Waals surface area contributed by atoms with Gasteiger partial charge in [0.25, 0.3) is 0 Å². The van der Waals surface area contributed by atoms with Gasteiger partial charge in [-0.15, -0.1) is 0 Å². The smallest absolute Gasteiger partial charge is 0.223 e. The third kappa shape index (κ3) is 5.83. The molecule has 0 aromatic carbocycles. The monoisotopic (exact) mass is 256 g/mol. The van der Waals surface area contributed by atoms with Crippen LogP contribution < -0.4 is 5.32 Å². The molecule has 1 heterocycles. The number of rotatable bonds is 3. The molecule has 0 saturated carbocycles. The average Bonchev–Trinajstić information content (AvgIpc) is 2.37. The lowest BCUT2D eigenvalue weighted by molar-refractivity contribution is -0.131. The molecule has 0 spiro atoms. The Labute approximate surface area is 111 Å². The van der Waals surface area contributed by atoms with Crippen LogP contribution in [0.2, 0.25) is 0 Å². The zero-order valence-electron chi connectivity index (χ0n) is 12.3. The average molecular weight is 256 g/mol. The van der Waals surface area contributed by atoms with Gasteiger partial charge in [-0.1, -0.05) is 0 Å². The van der Waals surface area contributed by atoms with E-state index in [0.29, 0.717) is 19.4 Å². The predicted octanol–water partition coefficient (Wildman–Crippen LogP) is 1.53. The van der Waals surface area contributed by atoms with Crippen LogP contribution in [-0.2, 0) is 4.79 Å². The highest BCUT2D eigenvalue weighted by Gasteiger charge is 2.26. The van der Waals surface area contributed by atoms with Gasteiger partial charge in [-0.2, -0.15) is 0 Å². The number of likely N-dealkylation sites (tertiary alicyclic amines) is 1. The standard InChI is InChI=1S/C14H28N2O2/c1-13(2,3)15-9-6-12(17)16-10-5-7-14(4,18)8-11-16/h15,18H,5-11H2,1-4H3. The van der Waals surface area contributed by atoms with E-state index in [9.17, 15) is 9.90 Å². The van der Waals surface area contributed by atoms with Gasteiger partial charge >= 0.3 is 0 Å². The predicted molar refractivity (Wildman–Crippen MR) is 73.4 cm³/mol. The number of amides is 1. The largest absolute Gasteiger partial charge is 0.390 e. The van der Waals surface area contributed by atoms with Crippen LogP contribution >= 0.6 is 0 Å². The summed E-state index contributed by atoms with van der Waals surface area (Å²) in [5, 5.41) is 13.3. The number of aliphatic hydroxyl groups is 1. The van der Waals surface area contributed by atoms with Gasteiger partial charge in [0.2, 0.25) is 5.91 Å². The second kappa shape index (κ2) is 6.02. The molecule has 4 heteroatoms. The zero-order valence-corrected chi connectivity index (χ0v) is 12.3. The number of nitrogens with one attached hydrogen (secondary N) is 1. The first-order chi connectivity index (χ1) is 8.20. The first kappa shape index (κ1) is 15.4. The van der Waals surface area contributed by atoms with E-state index in [1.165, 1.54) is 0 Å². The molecule has 18 heavy (non-hydrogen) atoms. The van der Waals surface area contributed by atoms with E-state index >= 15 is 0 Å². The first-order valence-corrected chi connectivity index (χ1v) is 6.95. The summed E-state index contributed by atoms with van der Waals surface area (Å²) in [5.74, 6) is 0.199. The molecule has 4 nitrogen and oxygen atoms in total. The number of hydrogen-bond acceptors (Lipinski definition) is 3. The quantitative estimate of drug-likeness (QED) is 0.805. The Hall–Kier alpha value is -0.610. The van der Waals surface area contributed by atoms with E-state index in [0.717, 1.165) is 25.9 Å². The van der Waals surface area contributed by atoms with Crippen molar-refractivity contribution in [3.8, 4) is 0 Å². The molecule has 1 rings (SSSR count). The fourth-order valence-electron chi connectivity index (χ4n) is 2.22. The van der Waals surface area contributed by atoms with Crippen LogP contribution in [0.3, 0.4) is 0 Å². The summed E-state index contributed by atoms with van der Waals surface area (Å²) < 4.78 is 0. The third-order valence-corrected chi connectivity index (χ3v) is 3.41. The molecule has 1 aliphatic heterocycles. The number of hydrogen-bond donors (Lipinski definition) is 2. The normalized spacial score (nSPS) is 25.9. The molecule has 1 saturated heterocycles. The SMILES string of the molecule is CC1(O)CCCN(C(=O)CCNC(C)(C)C)CC1. The Morgan fingerprint density at radius 1 is 1.33 bits per heavy atom. The lowest BCUT2D eigenvalue weighted by atomic mass is 9.98. The summed E-state index contributed by atoms with van der Waals surface area (Å²) >= 11 is 0. The number of nitrogens with zero attached hydrogens (tertiary/aromatic N) is 1. The van der Waals surface area contributed by atoms with Crippen molar-refractivity contribution in [2.75, 3.05) is 19.6 Å². The van der Waals surface area contributed by atoms with Crippen molar-refractivity contribution in [2.24, 2.45) is 0 Å². The Morgan fingerprint density at radius 2 is 2.00 bits per heavy atom. The van der Waals surface area contributed by atoms with E-state index in [4.69, 9.17) is 0 Å². The second-order valence-corrected chi connectivity index (χ2v) is 6.66. The van der Waals surface area contributed by atoms with Crippen LogP contribution in [0.1, 0.15) is 53.4 Å². The van der Waals surface area contributed by atoms with Crippen molar-refractivity contribution < 1.29 is 9.90 Å². The van der Waals surface area contributed by atoms with Crippen LogP contribution in [0.25, 0.3) is 0 Å². The highest BCUT2D eigenvalue weighted by atomic mass is 16.3. The highest BCUT2D eigenvalue weighted by Crippen LogP contribution is 2.21. The number of carbonyl (C=O) groups excluding carboxylic acids is 1. The molecule has 1 amide bonds. The molecule has 1 aliphatic rings. The maximum Gasteiger partial charge on any atom is 0.223 e. The minimum absolute atomic E-state index is 0.0583.